The third kappa shape index (κ3) is 5.61. The average molecular weight is 366 g/mol. The van der Waals surface area contributed by atoms with Crippen molar-refractivity contribution in [1.82, 2.24) is 0 Å². The highest BCUT2D eigenvalue weighted by Gasteiger charge is 2.26. The zero-order valence-electron chi connectivity index (χ0n) is 16.3. The molecule has 142 valence electrons. The Morgan fingerprint density at radius 1 is 0.815 bits per heavy atom. The number of hydrogen-bond donors (Lipinski definition) is 0. The lowest BCUT2D eigenvalue weighted by Gasteiger charge is -2.19. The highest BCUT2D eigenvalue weighted by molar-refractivity contribution is 6.01. The second-order valence-electron chi connectivity index (χ2n) is 7.67. The lowest BCUT2D eigenvalue weighted by Crippen LogP contribution is -2.23. The number of methoxy groups -OCH3 is 1. The maximum absolute atomic E-state index is 12.6. The summed E-state index contributed by atoms with van der Waals surface area (Å²) in [7, 11) is 1.27. The van der Waals surface area contributed by atoms with E-state index in [2.05, 4.69) is 20.8 Å². The second kappa shape index (κ2) is 8.76. The first-order valence-electron chi connectivity index (χ1n) is 9.02. The Morgan fingerprint density at radius 3 is 1.74 bits per heavy atom. The van der Waals surface area contributed by atoms with Gasteiger partial charge in [0, 0.05) is 24.0 Å². The predicted molar refractivity (Wildman–Crippen MR) is 105 cm³/mol. The minimum absolute atomic E-state index is 0.00175. The fourth-order valence-corrected chi connectivity index (χ4v) is 2.87. The van der Waals surface area contributed by atoms with E-state index in [1.807, 2.05) is 18.2 Å². The Kier molecular flexibility index (Phi) is 6.67. The number of esters is 1. The molecule has 0 bridgehead atoms. The first-order valence-corrected chi connectivity index (χ1v) is 9.02. The zero-order valence-corrected chi connectivity index (χ0v) is 16.3. The van der Waals surface area contributed by atoms with Crippen LogP contribution in [0, 0.1) is 5.92 Å². The van der Waals surface area contributed by atoms with Gasteiger partial charge in [-0.05, 0) is 11.0 Å². The lowest BCUT2D eigenvalue weighted by molar-refractivity contribution is -0.145. The van der Waals surface area contributed by atoms with Gasteiger partial charge in [0.25, 0.3) is 0 Å². The predicted octanol–water partition coefficient (Wildman–Crippen LogP) is 4.62. The molecular weight excluding hydrogens is 340 g/mol. The van der Waals surface area contributed by atoms with Crippen LogP contribution in [0.4, 0.5) is 0 Å². The summed E-state index contributed by atoms with van der Waals surface area (Å²) in [5.74, 6) is -1.69. The van der Waals surface area contributed by atoms with Crippen molar-refractivity contribution in [3.05, 3.63) is 71.3 Å². The highest BCUT2D eigenvalue weighted by atomic mass is 16.5. The van der Waals surface area contributed by atoms with E-state index in [1.54, 1.807) is 36.4 Å². The van der Waals surface area contributed by atoms with Crippen molar-refractivity contribution in [3.8, 4) is 0 Å². The number of carbonyl (C=O) groups is 3. The highest BCUT2D eigenvalue weighted by Crippen LogP contribution is 2.24. The van der Waals surface area contributed by atoms with Crippen molar-refractivity contribution in [1.29, 1.82) is 0 Å². The molecule has 0 amide bonds. The Hall–Kier alpha value is -2.75. The third-order valence-electron chi connectivity index (χ3n) is 4.57. The van der Waals surface area contributed by atoms with Crippen LogP contribution in [0.15, 0.2) is 54.6 Å². The molecule has 0 spiro atoms. The number of hydrogen-bond acceptors (Lipinski definition) is 4. The molecule has 0 aliphatic heterocycles. The molecule has 1 unspecified atom stereocenters. The molecule has 27 heavy (non-hydrogen) atoms. The van der Waals surface area contributed by atoms with Crippen LogP contribution >= 0.6 is 0 Å². The average Bonchev–Trinajstić information content (AvgIpc) is 2.66. The summed E-state index contributed by atoms with van der Waals surface area (Å²) in [6.07, 6.45) is -0.109. The molecule has 0 aromatic heterocycles. The van der Waals surface area contributed by atoms with Crippen LogP contribution in [-0.2, 0) is 14.9 Å². The van der Waals surface area contributed by atoms with E-state index >= 15 is 0 Å². The summed E-state index contributed by atoms with van der Waals surface area (Å²) >= 11 is 0. The van der Waals surface area contributed by atoms with Gasteiger partial charge in [0.2, 0.25) is 0 Å². The second-order valence-corrected chi connectivity index (χ2v) is 7.67. The van der Waals surface area contributed by atoms with E-state index in [9.17, 15) is 14.4 Å². The van der Waals surface area contributed by atoms with Crippen molar-refractivity contribution < 1.29 is 19.1 Å². The molecule has 4 heteroatoms. The van der Waals surface area contributed by atoms with Gasteiger partial charge in [-0.15, -0.1) is 0 Å². The van der Waals surface area contributed by atoms with Crippen LogP contribution in [0.25, 0.3) is 0 Å². The molecule has 4 nitrogen and oxygen atoms in total. The van der Waals surface area contributed by atoms with Crippen molar-refractivity contribution in [2.45, 2.75) is 39.0 Å². The first-order chi connectivity index (χ1) is 12.7. The van der Waals surface area contributed by atoms with E-state index < -0.39 is 11.9 Å². The number of ether oxygens (including phenoxy) is 1. The maximum Gasteiger partial charge on any atom is 0.309 e. The summed E-state index contributed by atoms with van der Waals surface area (Å²) in [5, 5.41) is 0. The first kappa shape index (κ1) is 20.6. The summed E-state index contributed by atoms with van der Waals surface area (Å²) in [6.45, 7) is 6.31. The van der Waals surface area contributed by atoms with E-state index in [0.29, 0.717) is 11.1 Å². The SMILES string of the molecule is COC(=O)C(CC(=O)c1ccccc1)CC(=O)c1ccc(C(C)(C)C)cc1. The summed E-state index contributed by atoms with van der Waals surface area (Å²) < 4.78 is 4.81. The molecule has 0 heterocycles. The molecule has 0 radical (unpaired) electrons. The maximum atomic E-state index is 12.6. The number of ketones is 2. The van der Waals surface area contributed by atoms with Crippen LogP contribution in [0.5, 0.6) is 0 Å². The van der Waals surface area contributed by atoms with Gasteiger partial charge in [-0.25, -0.2) is 0 Å². The van der Waals surface area contributed by atoms with Gasteiger partial charge in [-0.1, -0.05) is 75.4 Å². The molecule has 0 saturated heterocycles. The van der Waals surface area contributed by atoms with E-state index in [1.165, 1.54) is 7.11 Å². The summed E-state index contributed by atoms with van der Waals surface area (Å²) in [4.78, 5) is 37.2. The van der Waals surface area contributed by atoms with Gasteiger partial charge in [-0.3, -0.25) is 14.4 Å². The van der Waals surface area contributed by atoms with Crippen LogP contribution in [-0.4, -0.2) is 24.6 Å². The molecule has 0 saturated carbocycles. The summed E-state index contributed by atoms with van der Waals surface area (Å²) in [5.41, 5.74) is 2.18. The fourth-order valence-electron chi connectivity index (χ4n) is 2.87. The van der Waals surface area contributed by atoms with Gasteiger partial charge >= 0.3 is 5.97 Å². The van der Waals surface area contributed by atoms with Gasteiger partial charge in [0.1, 0.15) is 0 Å². The van der Waals surface area contributed by atoms with E-state index in [0.717, 1.165) is 5.56 Å². The van der Waals surface area contributed by atoms with E-state index in [4.69, 9.17) is 4.74 Å². The Balaban J connectivity index is 2.12. The molecule has 0 aliphatic carbocycles. The number of benzene rings is 2. The Morgan fingerprint density at radius 2 is 1.30 bits per heavy atom. The normalized spacial score (nSPS) is 12.3. The molecule has 1 atom stereocenters. The number of rotatable bonds is 7. The van der Waals surface area contributed by atoms with Gasteiger partial charge in [0.05, 0.1) is 13.0 Å². The Labute approximate surface area is 160 Å². The van der Waals surface area contributed by atoms with Crippen LogP contribution in [0.1, 0.15) is 59.9 Å². The number of carbonyl (C=O) groups excluding carboxylic acids is 3. The van der Waals surface area contributed by atoms with Gasteiger partial charge in [0.15, 0.2) is 11.6 Å². The monoisotopic (exact) mass is 366 g/mol. The fraction of sp³-hybridized carbons (Fsp3) is 0.348. The number of Topliss-reactive ketones (excluding diaryl/α,β-unsaturated/α-hetero) is 2. The molecule has 2 aromatic rings. The summed E-state index contributed by atoms with van der Waals surface area (Å²) in [6, 6.07) is 16.1. The molecular formula is C23H26O4. The standard InChI is InChI=1S/C23H26O4/c1-23(2,3)19-12-10-17(11-13-19)21(25)15-18(22(26)27-4)14-20(24)16-8-6-5-7-9-16/h5-13,18H,14-15H2,1-4H3. The van der Waals surface area contributed by atoms with E-state index in [-0.39, 0.29) is 29.8 Å². The molecule has 0 fully saturated rings. The van der Waals surface area contributed by atoms with Gasteiger partial charge in [-0.2, -0.15) is 0 Å². The lowest BCUT2D eigenvalue weighted by atomic mass is 9.86. The Bertz CT molecular complexity index is 799. The molecule has 2 rings (SSSR count). The van der Waals surface area contributed by atoms with Crippen molar-refractivity contribution in [3.63, 3.8) is 0 Å². The largest absolute Gasteiger partial charge is 0.469 e. The third-order valence-corrected chi connectivity index (χ3v) is 4.57. The van der Waals surface area contributed by atoms with Crippen LogP contribution in [0.2, 0.25) is 0 Å². The van der Waals surface area contributed by atoms with Crippen molar-refractivity contribution >= 4 is 17.5 Å². The van der Waals surface area contributed by atoms with Crippen molar-refractivity contribution in [2.24, 2.45) is 5.92 Å². The van der Waals surface area contributed by atoms with Gasteiger partial charge < -0.3 is 4.74 Å². The minimum Gasteiger partial charge on any atom is -0.469 e. The van der Waals surface area contributed by atoms with Crippen LogP contribution < -0.4 is 0 Å². The topological polar surface area (TPSA) is 60.4 Å². The smallest absolute Gasteiger partial charge is 0.309 e. The van der Waals surface area contributed by atoms with Crippen LogP contribution in [0.3, 0.4) is 0 Å². The zero-order chi connectivity index (χ0) is 20.0. The minimum atomic E-state index is -0.794. The molecule has 2 aromatic carbocycles. The molecule has 0 N–H and O–H groups in total. The molecule has 0 aliphatic rings. The quantitative estimate of drug-likeness (QED) is 0.530. The van der Waals surface area contributed by atoms with Crippen molar-refractivity contribution in [2.75, 3.05) is 7.11 Å².